The molecular formula is C19H20FN5O. The maximum atomic E-state index is 13.3. The van der Waals surface area contributed by atoms with Crippen LogP contribution in [0.25, 0.3) is 22.0 Å². The first-order chi connectivity index (χ1) is 12.6. The zero-order valence-corrected chi connectivity index (χ0v) is 14.5. The Labute approximate surface area is 150 Å². The maximum absolute atomic E-state index is 13.3. The zero-order chi connectivity index (χ0) is 18.1. The molecule has 0 amide bonds. The van der Waals surface area contributed by atoms with Gasteiger partial charge in [0.15, 0.2) is 5.82 Å². The zero-order valence-electron chi connectivity index (χ0n) is 14.5. The molecule has 0 radical (unpaired) electrons. The molecule has 6 nitrogen and oxygen atoms in total. The number of aromatic hydroxyl groups is 1. The van der Waals surface area contributed by atoms with Gasteiger partial charge in [0, 0.05) is 47.4 Å². The summed E-state index contributed by atoms with van der Waals surface area (Å²) in [5.74, 6) is 0.0238. The highest BCUT2D eigenvalue weighted by Gasteiger charge is 2.20. The van der Waals surface area contributed by atoms with Gasteiger partial charge in [0.05, 0.1) is 0 Å². The molecule has 0 aliphatic carbocycles. The van der Waals surface area contributed by atoms with Gasteiger partial charge in [-0.25, -0.2) is 4.39 Å². The van der Waals surface area contributed by atoms with Gasteiger partial charge >= 0.3 is 0 Å². The minimum absolute atomic E-state index is 0.160. The molecule has 1 atom stereocenters. The Morgan fingerprint density at radius 3 is 2.92 bits per heavy atom. The number of rotatable bonds is 3. The van der Waals surface area contributed by atoms with Crippen LogP contribution in [0.2, 0.25) is 0 Å². The van der Waals surface area contributed by atoms with E-state index >= 15 is 0 Å². The molecule has 3 aromatic rings. The lowest BCUT2D eigenvalue weighted by molar-refractivity contribution is 0.261. The summed E-state index contributed by atoms with van der Waals surface area (Å²) in [6.07, 6.45) is 5.63. The maximum Gasteiger partial charge on any atom is 0.158 e. The number of benzene rings is 1. The highest BCUT2D eigenvalue weighted by Crippen LogP contribution is 2.34. The lowest BCUT2D eigenvalue weighted by atomic mass is 10.0. The fourth-order valence-electron chi connectivity index (χ4n) is 3.49. The van der Waals surface area contributed by atoms with E-state index in [1.165, 1.54) is 12.1 Å². The molecular weight excluding hydrogens is 333 g/mol. The Morgan fingerprint density at radius 1 is 1.23 bits per heavy atom. The Morgan fingerprint density at radius 2 is 2.12 bits per heavy atom. The first kappa shape index (κ1) is 16.7. The van der Waals surface area contributed by atoms with Crippen LogP contribution in [0.1, 0.15) is 12.8 Å². The number of anilines is 1. The number of piperidine rings is 1. The molecule has 2 N–H and O–H groups in total. The van der Waals surface area contributed by atoms with Crippen molar-refractivity contribution in [1.82, 2.24) is 20.1 Å². The molecule has 0 saturated carbocycles. The number of phenols is 1. The van der Waals surface area contributed by atoms with Crippen LogP contribution in [0.15, 0.2) is 36.7 Å². The number of aromatic nitrogens is 3. The average molecular weight is 353 g/mol. The molecule has 7 heteroatoms. The number of likely N-dealkylation sites (N-methyl/N-ethyl adjacent to an activating group) is 1. The molecule has 1 saturated heterocycles. The lowest BCUT2D eigenvalue weighted by Gasteiger charge is -2.30. The van der Waals surface area contributed by atoms with Crippen LogP contribution in [-0.4, -0.2) is 51.4 Å². The third-order valence-electron chi connectivity index (χ3n) is 4.76. The van der Waals surface area contributed by atoms with Gasteiger partial charge in [-0.15, -0.1) is 10.2 Å². The van der Waals surface area contributed by atoms with E-state index in [0.29, 0.717) is 23.1 Å². The Hall–Kier alpha value is -2.80. The monoisotopic (exact) mass is 353 g/mol. The van der Waals surface area contributed by atoms with Crippen molar-refractivity contribution in [2.75, 3.05) is 25.5 Å². The number of nitrogens with one attached hydrogen (secondary N) is 1. The lowest BCUT2D eigenvalue weighted by Crippen LogP contribution is -2.40. The summed E-state index contributed by atoms with van der Waals surface area (Å²) in [7, 11) is 2.11. The third kappa shape index (κ3) is 3.17. The van der Waals surface area contributed by atoms with Crippen molar-refractivity contribution in [1.29, 1.82) is 0 Å². The Kier molecular flexibility index (Phi) is 4.38. The fourth-order valence-corrected chi connectivity index (χ4v) is 3.49. The number of fused-ring (bicyclic) bond motifs is 1. The molecule has 2 aromatic heterocycles. The Bertz CT molecular complexity index is 948. The van der Waals surface area contributed by atoms with Crippen molar-refractivity contribution in [3.8, 4) is 17.0 Å². The van der Waals surface area contributed by atoms with E-state index in [4.69, 9.17) is 0 Å². The van der Waals surface area contributed by atoms with Crippen LogP contribution >= 0.6 is 0 Å². The van der Waals surface area contributed by atoms with Crippen LogP contribution in [0.5, 0.6) is 5.75 Å². The second kappa shape index (κ2) is 6.84. The standard InChI is InChI=1S/C19H20FN5O/c1-25-8-2-3-13(11-25)22-19-16-10-21-7-6-14(16)18(23-24-19)15-5-4-12(20)9-17(15)26/h4-7,9-10,13,26H,2-3,8,11H2,1H3,(H,22,24). The van der Waals surface area contributed by atoms with Crippen LogP contribution in [0.4, 0.5) is 10.2 Å². The van der Waals surface area contributed by atoms with E-state index in [1.807, 2.05) is 6.07 Å². The van der Waals surface area contributed by atoms with E-state index in [2.05, 4.69) is 32.4 Å². The van der Waals surface area contributed by atoms with Crippen molar-refractivity contribution < 1.29 is 9.50 Å². The summed E-state index contributed by atoms with van der Waals surface area (Å²) in [6, 6.07) is 6.02. The molecule has 0 spiro atoms. The van der Waals surface area contributed by atoms with E-state index in [-0.39, 0.29) is 5.75 Å². The third-order valence-corrected chi connectivity index (χ3v) is 4.76. The minimum atomic E-state index is -0.495. The summed E-state index contributed by atoms with van der Waals surface area (Å²) in [4.78, 5) is 6.50. The first-order valence-corrected chi connectivity index (χ1v) is 8.66. The van der Waals surface area contributed by atoms with Crippen molar-refractivity contribution in [3.63, 3.8) is 0 Å². The molecule has 4 rings (SSSR count). The quantitative estimate of drug-likeness (QED) is 0.754. The summed E-state index contributed by atoms with van der Waals surface area (Å²) in [5.41, 5.74) is 0.949. The van der Waals surface area contributed by atoms with Crippen LogP contribution in [0, 0.1) is 5.82 Å². The predicted molar refractivity (Wildman–Crippen MR) is 98.5 cm³/mol. The van der Waals surface area contributed by atoms with Gasteiger partial charge in [-0.05, 0) is 44.6 Å². The SMILES string of the molecule is CN1CCCC(Nc2nnc(-c3ccc(F)cc3O)c3ccncc23)C1. The summed E-state index contributed by atoms with van der Waals surface area (Å²) >= 11 is 0. The van der Waals surface area contributed by atoms with Gasteiger partial charge in [-0.1, -0.05) is 0 Å². The van der Waals surface area contributed by atoms with E-state index in [9.17, 15) is 9.50 Å². The molecule has 26 heavy (non-hydrogen) atoms. The molecule has 1 aliphatic heterocycles. The number of pyridine rings is 1. The second-order valence-electron chi connectivity index (χ2n) is 6.73. The van der Waals surface area contributed by atoms with Gasteiger partial charge in [-0.3, -0.25) is 4.98 Å². The second-order valence-corrected chi connectivity index (χ2v) is 6.73. The largest absolute Gasteiger partial charge is 0.507 e. The predicted octanol–water partition coefficient (Wildman–Crippen LogP) is 3.04. The molecule has 3 heterocycles. The summed E-state index contributed by atoms with van der Waals surface area (Å²) in [5, 5.41) is 23.9. The van der Waals surface area contributed by atoms with Gasteiger partial charge in [0.2, 0.25) is 0 Å². The number of likely N-dealkylation sites (tertiary alicyclic amines) is 1. The van der Waals surface area contributed by atoms with Crippen molar-refractivity contribution in [2.24, 2.45) is 0 Å². The van der Waals surface area contributed by atoms with E-state index < -0.39 is 5.82 Å². The molecule has 1 aliphatic rings. The number of halogens is 1. The van der Waals surface area contributed by atoms with Crippen LogP contribution in [-0.2, 0) is 0 Å². The first-order valence-electron chi connectivity index (χ1n) is 8.66. The molecule has 1 unspecified atom stereocenters. The van der Waals surface area contributed by atoms with Crippen LogP contribution in [0.3, 0.4) is 0 Å². The smallest absolute Gasteiger partial charge is 0.158 e. The molecule has 1 fully saturated rings. The van der Waals surface area contributed by atoms with Crippen LogP contribution < -0.4 is 5.32 Å². The van der Waals surface area contributed by atoms with Gasteiger partial charge in [0.25, 0.3) is 0 Å². The van der Waals surface area contributed by atoms with E-state index in [1.54, 1.807) is 12.4 Å². The van der Waals surface area contributed by atoms with Gasteiger partial charge in [0.1, 0.15) is 17.3 Å². The molecule has 0 bridgehead atoms. The number of nitrogens with zero attached hydrogens (tertiary/aromatic N) is 4. The normalized spacial score (nSPS) is 18.2. The number of phenolic OH excluding ortho intramolecular Hbond substituents is 1. The molecule has 134 valence electrons. The molecule has 1 aromatic carbocycles. The minimum Gasteiger partial charge on any atom is -0.507 e. The average Bonchev–Trinajstić information content (AvgIpc) is 2.63. The van der Waals surface area contributed by atoms with Crippen molar-refractivity contribution in [3.05, 3.63) is 42.5 Å². The topological polar surface area (TPSA) is 74.2 Å². The Balaban J connectivity index is 1.76. The number of hydrogen-bond donors (Lipinski definition) is 2. The highest BCUT2D eigenvalue weighted by molar-refractivity contribution is 6.00. The van der Waals surface area contributed by atoms with Crippen molar-refractivity contribution in [2.45, 2.75) is 18.9 Å². The van der Waals surface area contributed by atoms with E-state index in [0.717, 1.165) is 42.8 Å². The summed E-state index contributed by atoms with van der Waals surface area (Å²) in [6.45, 7) is 2.05. The fraction of sp³-hybridized carbons (Fsp3) is 0.316. The van der Waals surface area contributed by atoms with Gasteiger partial charge < -0.3 is 15.3 Å². The summed E-state index contributed by atoms with van der Waals surface area (Å²) < 4.78 is 13.3. The number of hydrogen-bond acceptors (Lipinski definition) is 6. The van der Waals surface area contributed by atoms with Crippen molar-refractivity contribution >= 4 is 16.6 Å². The van der Waals surface area contributed by atoms with Gasteiger partial charge in [-0.2, -0.15) is 0 Å². The highest BCUT2D eigenvalue weighted by atomic mass is 19.1.